The van der Waals surface area contributed by atoms with Gasteiger partial charge in [-0.25, -0.2) is 4.98 Å². The summed E-state index contributed by atoms with van der Waals surface area (Å²) in [4.78, 5) is 4.38. The Hall–Kier alpha value is -1.63. The minimum atomic E-state index is -0.582. The summed E-state index contributed by atoms with van der Waals surface area (Å²) >= 11 is 1.62. The van der Waals surface area contributed by atoms with Crippen molar-refractivity contribution in [2.75, 3.05) is 19.8 Å². The molecule has 0 aliphatic carbocycles. The Morgan fingerprint density at radius 2 is 2.14 bits per heavy atom. The molecule has 0 saturated heterocycles. The molecule has 0 fully saturated rings. The van der Waals surface area contributed by atoms with E-state index in [1.54, 1.807) is 11.3 Å². The van der Waals surface area contributed by atoms with Gasteiger partial charge in [0.05, 0.1) is 6.10 Å². The Kier molecular flexibility index (Phi) is 4.38. The largest absolute Gasteiger partial charge is 0.486 e. The molecule has 0 saturated carbocycles. The molecule has 5 nitrogen and oxygen atoms in total. The molecule has 0 amide bonds. The lowest BCUT2D eigenvalue weighted by atomic mass is 10.1. The van der Waals surface area contributed by atoms with Crippen LogP contribution in [0.2, 0.25) is 0 Å². The number of aryl methyl sites for hydroxylation is 1. The number of benzene rings is 1. The maximum absolute atomic E-state index is 10.2. The van der Waals surface area contributed by atoms with E-state index >= 15 is 0 Å². The number of hydrogen-bond donors (Lipinski definition) is 2. The number of ether oxygens (including phenoxy) is 2. The van der Waals surface area contributed by atoms with Gasteiger partial charge >= 0.3 is 0 Å². The van der Waals surface area contributed by atoms with E-state index in [1.165, 1.54) is 0 Å². The van der Waals surface area contributed by atoms with Crippen molar-refractivity contribution in [2.24, 2.45) is 0 Å². The highest BCUT2D eigenvalue weighted by atomic mass is 32.1. The van der Waals surface area contributed by atoms with Gasteiger partial charge in [0.15, 0.2) is 11.5 Å². The molecule has 1 aliphatic rings. The minimum absolute atomic E-state index is 0.471. The first-order chi connectivity index (χ1) is 10.2. The number of rotatable bonds is 5. The quantitative estimate of drug-likeness (QED) is 0.885. The zero-order valence-electron chi connectivity index (χ0n) is 11.8. The molecule has 21 heavy (non-hydrogen) atoms. The third-order valence-corrected chi connectivity index (χ3v) is 4.20. The first-order valence-corrected chi connectivity index (χ1v) is 7.79. The molecule has 2 aromatic rings. The second-order valence-corrected chi connectivity index (χ2v) is 5.88. The lowest BCUT2D eigenvalue weighted by Gasteiger charge is -2.20. The number of thiazole rings is 1. The van der Waals surface area contributed by atoms with Crippen molar-refractivity contribution in [1.82, 2.24) is 10.3 Å². The highest BCUT2D eigenvalue weighted by Crippen LogP contribution is 2.32. The minimum Gasteiger partial charge on any atom is -0.486 e. The van der Waals surface area contributed by atoms with E-state index < -0.39 is 6.10 Å². The predicted molar refractivity (Wildman–Crippen MR) is 80.9 cm³/mol. The van der Waals surface area contributed by atoms with Crippen LogP contribution in [0.1, 0.15) is 22.4 Å². The van der Waals surface area contributed by atoms with Crippen LogP contribution in [-0.4, -0.2) is 29.8 Å². The normalized spacial score (nSPS) is 15.0. The van der Waals surface area contributed by atoms with Crippen molar-refractivity contribution in [3.63, 3.8) is 0 Å². The molecule has 6 heteroatoms. The Morgan fingerprint density at radius 1 is 1.33 bits per heavy atom. The zero-order chi connectivity index (χ0) is 14.7. The van der Waals surface area contributed by atoms with Crippen molar-refractivity contribution in [2.45, 2.75) is 19.6 Å². The molecule has 1 aromatic heterocycles. The number of fused-ring (bicyclic) bond motifs is 1. The standard InChI is InChI=1S/C15H18N2O3S/c1-10-9-21-15(17-10)8-16-7-12(18)11-2-3-13-14(6-11)20-5-4-19-13/h2-3,6,9,12,16,18H,4-5,7-8H2,1H3. The Morgan fingerprint density at radius 3 is 2.90 bits per heavy atom. The topological polar surface area (TPSA) is 63.6 Å². The van der Waals surface area contributed by atoms with Crippen LogP contribution in [0.15, 0.2) is 23.6 Å². The second-order valence-electron chi connectivity index (χ2n) is 4.93. The molecule has 1 aliphatic heterocycles. The summed E-state index contributed by atoms with van der Waals surface area (Å²) in [5.41, 5.74) is 1.85. The summed E-state index contributed by atoms with van der Waals surface area (Å²) in [7, 11) is 0. The summed E-state index contributed by atoms with van der Waals surface area (Å²) in [6.07, 6.45) is -0.582. The molecular weight excluding hydrogens is 288 g/mol. The van der Waals surface area contributed by atoms with Crippen LogP contribution in [0.5, 0.6) is 11.5 Å². The molecular formula is C15H18N2O3S. The second kappa shape index (κ2) is 6.43. The number of aliphatic hydroxyl groups is 1. The van der Waals surface area contributed by atoms with Crippen LogP contribution in [0.25, 0.3) is 0 Å². The van der Waals surface area contributed by atoms with E-state index in [0.717, 1.165) is 22.0 Å². The average Bonchev–Trinajstić information content (AvgIpc) is 2.92. The molecule has 3 rings (SSSR count). The summed E-state index contributed by atoms with van der Waals surface area (Å²) < 4.78 is 11.0. The van der Waals surface area contributed by atoms with Gasteiger partial charge in [0, 0.05) is 24.2 Å². The number of nitrogens with zero attached hydrogens (tertiary/aromatic N) is 1. The van der Waals surface area contributed by atoms with E-state index in [-0.39, 0.29) is 0 Å². The van der Waals surface area contributed by atoms with Crippen LogP contribution in [-0.2, 0) is 6.54 Å². The molecule has 2 heterocycles. The molecule has 2 N–H and O–H groups in total. The van der Waals surface area contributed by atoms with Gasteiger partial charge in [0.2, 0.25) is 0 Å². The summed E-state index contributed by atoms with van der Waals surface area (Å²) in [6.45, 7) is 4.24. The van der Waals surface area contributed by atoms with Gasteiger partial charge in [0.25, 0.3) is 0 Å². The lowest BCUT2D eigenvalue weighted by molar-refractivity contribution is 0.163. The summed E-state index contributed by atoms with van der Waals surface area (Å²) in [5, 5.41) is 16.5. The van der Waals surface area contributed by atoms with Crippen LogP contribution >= 0.6 is 11.3 Å². The Bertz CT molecular complexity index is 615. The van der Waals surface area contributed by atoms with Crippen molar-refractivity contribution < 1.29 is 14.6 Å². The van der Waals surface area contributed by atoms with Gasteiger partial charge in [-0.05, 0) is 24.6 Å². The lowest BCUT2D eigenvalue weighted by Crippen LogP contribution is -2.21. The van der Waals surface area contributed by atoms with Crippen molar-refractivity contribution >= 4 is 11.3 Å². The Labute approximate surface area is 127 Å². The fraction of sp³-hybridized carbons (Fsp3) is 0.400. The van der Waals surface area contributed by atoms with Crippen LogP contribution in [0, 0.1) is 6.92 Å². The monoisotopic (exact) mass is 306 g/mol. The van der Waals surface area contributed by atoms with E-state index in [2.05, 4.69) is 10.3 Å². The highest BCUT2D eigenvalue weighted by molar-refractivity contribution is 7.09. The van der Waals surface area contributed by atoms with Gasteiger partial charge in [-0.15, -0.1) is 11.3 Å². The van der Waals surface area contributed by atoms with Gasteiger partial charge in [-0.1, -0.05) is 6.07 Å². The van der Waals surface area contributed by atoms with Gasteiger partial charge < -0.3 is 19.9 Å². The Balaban J connectivity index is 1.56. The summed E-state index contributed by atoms with van der Waals surface area (Å²) in [5.74, 6) is 1.44. The van der Waals surface area contributed by atoms with Crippen molar-refractivity contribution in [3.8, 4) is 11.5 Å². The third-order valence-electron chi connectivity index (χ3n) is 3.23. The molecule has 1 aromatic carbocycles. The maximum atomic E-state index is 10.2. The van der Waals surface area contributed by atoms with Crippen LogP contribution < -0.4 is 14.8 Å². The fourth-order valence-electron chi connectivity index (χ4n) is 2.18. The first kappa shape index (κ1) is 14.3. The molecule has 0 bridgehead atoms. The van der Waals surface area contributed by atoms with Gasteiger partial charge in [-0.2, -0.15) is 0 Å². The smallest absolute Gasteiger partial charge is 0.161 e. The number of aliphatic hydroxyl groups excluding tert-OH is 1. The highest BCUT2D eigenvalue weighted by Gasteiger charge is 2.15. The van der Waals surface area contributed by atoms with E-state index in [4.69, 9.17) is 9.47 Å². The predicted octanol–water partition coefficient (Wildman–Crippen LogP) is 2.05. The third kappa shape index (κ3) is 3.53. The fourth-order valence-corrected chi connectivity index (χ4v) is 2.93. The van der Waals surface area contributed by atoms with E-state index in [0.29, 0.717) is 32.1 Å². The molecule has 1 unspecified atom stereocenters. The maximum Gasteiger partial charge on any atom is 0.161 e. The summed E-state index contributed by atoms with van der Waals surface area (Å²) in [6, 6.07) is 5.55. The van der Waals surface area contributed by atoms with E-state index in [9.17, 15) is 5.11 Å². The first-order valence-electron chi connectivity index (χ1n) is 6.92. The molecule has 0 spiro atoms. The molecule has 1 atom stereocenters. The van der Waals surface area contributed by atoms with Gasteiger partial charge in [0.1, 0.15) is 18.2 Å². The molecule has 0 radical (unpaired) electrons. The number of hydrogen-bond acceptors (Lipinski definition) is 6. The number of aromatic nitrogens is 1. The SMILES string of the molecule is Cc1csc(CNCC(O)c2ccc3c(c2)OCCO3)n1. The molecule has 112 valence electrons. The van der Waals surface area contributed by atoms with Crippen LogP contribution in [0.4, 0.5) is 0 Å². The van der Waals surface area contributed by atoms with E-state index in [1.807, 2.05) is 30.5 Å². The van der Waals surface area contributed by atoms with Crippen molar-refractivity contribution in [3.05, 3.63) is 39.8 Å². The zero-order valence-corrected chi connectivity index (χ0v) is 12.7. The van der Waals surface area contributed by atoms with Crippen molar-refractivity contribution in [1.29, 1.82) is 0 Å². The number of nitrogens with one attached hydrogen (secondary N) is 1. The average molecular weight is 306 g/mol. The van der Waals surface area contributed by atoms with Crippen LogP contribution in [0.3, 0.4) is 0 Å². The van der Waals surface area contributed by atoms with Gasteiger partial charge in [-0.3, -0.25) is 0 Å².